The summed E-state index contributed by atoms with van der Waals surface area (Å²) in [6, 6.07) is 4.01. The zero-order chi connectivity index (χ0) is 16.2. The molecule has 124 valence electrons. The van der Waals surface area contributed by atoms with Gasteiger partial charge in [0.25, 0.3) is 0 Å². The predicted octanol–water partition coefficient (Wildman–Crippen LogP) is 3.68. The number of likely N-dealkylation sites (tertiary alicyclic amines) is 1. The molecule has 1 aromatic rings. The van der Waals surface area contributed by atoms with Crippen molar-refractivity contribution in [2.75, 3.05) is 25.4 Å². The van der Waals surface area contributed by atoms with E-state index in [-0.39, 0.29) is 23.9 Å². The van der Waals surface area contributed by atoms with Gasteiger partial charge >= 0.3 is 6.18 Å². The number of halogens is 3. The summed E-state index contributed by atoms with van der Waals surface area (Å²) in [5, 5.41) is 0. The van der Waals surface area contributed by atoms with E-state index in [0.717, 1.165) is 38.5 Å². The molecular weight excluding hydrogens is 293 g/mol. The van der Waals surface area contributed by atoms with E-state index < -0.39 is 11.7 Å². The summed E-state index contributed by atoms with van der Waals surface area (Å²) in [5.41, 5.74) is 5.26. The number of nitrogen functional groups attached to an aromatic ring is 1. The van der Waals surface area contributed by atoms with E-state index in [2.05, 4.69) is 6.92 Å². The van der Waals surface area contributed by atoms with Crippen LogP contribution in [0.4, 0.5) is 18.9 Å². The van der Waals surface area contributed by atoms with E-state index in [9.17, 15) is 13.2 Å². The van der Waals surface area contributed by atoms with E-state index in [4.69, 9.17) is 10.5 Å². The van der Waals surface area contributed by atoms with Gasteiger partial charge in [0, 0.05) is 31.9 Å². The molecular formula is C16H23F3N2O. The van der Waals surface area contributed by atoms with Gasteiger partial charge in [-0.1, -0.05) is 19.4 Å². The highest BCUT2D eigenvalue weighted by atomic mass is 19.4. The van der Waals surface area contributed by atoms with Gasteiger partial charge in [-0.2, -0.15) is 13.2 Å². The fourth-order valence-corrected chi connectivity index (χ4v) is 2.71. The first-order valence-corrected chi connectivity index (χ1v) is 7.69. The molecule has 0 amide bonds. The van der Waals surface area contributed by atoms with Crippen LogP contribution in [0.3, 0.4) is 0 Å². The standard InChI is InChI=1S/C16H23F3N2O/c1-2-3-8-22-14-6-7-21(11-14)10-12-4-5-13(20)9-15(12)16(17,18)19/h4-5,9,14H,2-3,6-8,10-11,20H2,1H3/t14-/m1/s1. The molecule has 1 fully saturated rings. The zero-order valence-corrected chi connectivity index (χ0v) is 12.8. The second-order valence-electron chi connectivity index (χ2n) is 5.78. The quantitative estimate of drug-likeness (QED) is 0.643. The summed E-state index contributed by atoms with van der Waals surface area (Å²) in [5.74, 6) is 0. The van der Waals surface area contributed by atoms with Crippen molar-refractivity contribution in [2.45, 2.75) is 45.0 Å². The normalized spacial score (nSPS) is 19.7. The van der Waals surface area contributed by atoms with Crippen LogP contribution >= 0.6 is 0 Å². The van der Waals surface area contributed by atoms with E-state index >= 15 is 0 Å². The third-order valence-electron chi connectivity index (χ3n) is 3.91. The smallest absolute Gasteiger partial charge is 0.399 e. The minimum atomic E-state index is -4.37. The summed E-state index contributed by atoms with van der Waals surface area (Å²) < 4.78 is 45.0. The Morgan fingerprint density at radius 2 is 2.14 bits per heavy atom. The number of nitrogens with zero attached hydrogens (tertiary/aromatic N) is 1. The number of benzene rings is 1. The Morgan fingerprint density at radius 1 is 1.36 bits per heavy atom. The van der Waals surface area contributed by atoms with Crippen LogP contribution in [0.25, 0.3) is 0 Å². The lowest BCUT2D eigenvalue weighted by Gasteiger charge is -2.20. The predicted molar refractivity (Wildman–Crippen MR) is 80.4 cm³/mol. The summed E-state index contributed by atoms with van der Waals surface area (Å²) in [6.45, 7) is 4.56. The summed E-state index contributed by atoms with van der Waals surface area (Å²) in [6.07, 6.45) is -1.26. The molecule has 1 heterocycles. The van der Waals surface area contributed by atoms with E-state index in [0.29, 0.717) is 6.54 Å². The number of alkyl halides is 3. The molecule has 0 saturated carbocycles. The molecule has 0 radical (unpaired) electrons. The molecule has 0 aromatic heterocycles. The molecule has 2 rings (SSSR count). The van der Waals surface area contributed by atoms with Gasteiger partial charge in [-0.3, -0.25) is 4.90 Å². The zero-order valence-electron chi connectivity index (χ0n) is 12.8. The van der Waals surface area contributed by atoms with E-state index in [1.165, 1.54) is 12.1 Å². The van der Waals surface area contributed by atoms with Gasteiger partial charge in [0.1, 0.15) is 0 Å². The molecule has 6 heteroatoms. The van der Waals surface area contributed by atoms with Crippen LogP contribution in [-0.2, 0) is 17.5 Å². The summed E-state index contributed by atoms with van der Waals surface area (Å²) >= 11 is 0. The van der Waals surface area contributed by atoms with Gasteiger partial charge in [-0.15, -0.1) is 0 Å². The topological polar surface area (TPSA) is 38.5 Å². The highest BCUT2D eigenvalue weighted by Gasteiger charge is 2.34. The van der Waals surface area contributed by atoms with Crippen molar-refractivity contribution < 1.29 is 17.9 Å². The largest absolute Gasteiger partial charge is 0.416 e. The van der Waals surface area contributed by atoms with Crippen molar-refractivity contribution in [1.82, 2.24) is 4.90 Å². The maximum atomic E-state index is 13.1. The number of ether oxygens (including phenoxy) is 1. The highest BCUT2D eigenvalue weighted by molar-refractivity contribution is 5.46. The van der Waals surface area contributed by atoms with E-state index in [1.807, 2.05) is 4.90 Å². The molecule has 1 aromatic carbocycles. The Balaban J connectivity index is 1.97. The van der Waals surface area contributed by atoms with Gasteiger partial charge < -0.3 is 10.5 Å². The Morgan fingerprint density at radius 3 is 2.82 bits per heavy atom. The average Bonchev–Trinajstić information content (AvgIpc) is 2.88. The molecule has 0 bridgehead atoms. The van der Waals surface area contributed by atoms with Gasteiger partial charge in [-0.25, -0.2) is 0 Å². The summed E-state index contributed by atoms with van der Waals surface area (Å²) in [7, 11) is 0. The fraction of sp³-hybridized carbons (Fsp3) is 0.625. The number of rotatable bonds is 6. The monoisotopic (exact) mass is 316 g/mol. The maximum absolute atomic E-state index is 13.1. The maximum Gasteiger partial charge on any atom is 0.416 e. The van der Waals surface area contributed by atoms with Crippen molar-refractivity contribution in [1.29, 1.82) is 0 Å². The molecule has 1 saturated heterocycles. The van der Waals surface area contributed by atoms with Crippen LogP contribution < -0.4 is 5.73 Å². The van der Waals surface area contributed by atoms with Gasteiger partial charge in [-0.05, 0) is 30.5 Å². The molecule has 3 nitrogen and oxygen atoms in total. The second-order valence-corrected chi connectivity index (χ2v) is 5.78. The number of unbranched alkanes of at least 4 members (excludes halogenated alkanes) is 1. The first-order valence-electron chi connectivity index (χ1n) is 7.69. The van der Waals surface area contributed by atoms with Crippen LogP contribution in [0, 0.1) is 0 Å². The minimum Gasteiger partial charge on any atom is -0.399 e. The number of anilines is 1. The Kier molecular flexibility index (Phi) is 5.69. The minimum absolute atomic E-state index is 0.134. The number of hydrogen-bond donors (Lipinski definition) is 1. The number of nitrogens with two attached hydrogens (primary N) is 1. The summed E-state index contributed by atoms with van der Waals surface area (Å²) in [4.78, 5) is 2.01. The molecule has 0 unspecified atom stereocenters. The van der Waals surface area contributed by atoms with Crippen molar-refractivity contribution in [3.8, 4) is 0 Å². The van der Waals surface area contributed by atoms with Crippen LogP contribution in [0.2, 0.25) is 0 Å². The lowest BCUT2D eigenvalue weighted by atomic mass is 10.1. The Hall–Kier alpha value is -1.27. The van der Waals surface area contributed by atoms with E-state index in [1.54, 1.807) is 0 Å². The molecule has 1 aliphatic rings. The molecule has 1 aliphatic heterocycles. The third kappa shape index (κ3) is 4.61. The van der Waals surface area contributed by atoms with Crippen LogP contribution in [0.15, 0.2) is 18.2 Å². The Bertz CT molecular complexity index is 491. The highest BCUT2D eigenvalue weighted by Crippen LogP contribution is 2.34. The van der Waals surface area contributed by atoms with Crippen LogP contribution in [0.5, 0.6) is 0 Å². The lowest BCUT2D eigenvalue weighted by Crippen LogP contribution is -2.24. The van der Waals surface area contributed by atoms with Crippen LogP contribution in [-0.4, -0.2) is 30.7 Å². The number of hydrogen-bond acceptors (Lipinski definition) is 3. The fourth-order valence-electron chi connectivity index (χ4n) is 2.71. The van der Waals surface area contributed by atoms with Crippen molar-refractivity contribution in [3.05, 3.63) is 29.3 Å². The molecule has 22 heavy (non-hydrogen) atoms. The van der Waals surface area contributed by atoms with Crippen molar-refractivity contribution in [3.63, 3.8) is 0 Å². The average molecular weight is 316 g/mol. The molecule has 2 N–H and O–H groups in total. The van der Waals surface area contributed by atoms with Gasteiger partial charge in [0.15, 0.2) is 0 Å². The third-order valence-corrected chi connectivity index (χ3v) is 3.91. The van der Waals surface area contributed by atoms with Crippen LogP contribution in [0.1, 0.15) is 37.3 Å². The second kappa shape index (κ2) is 7.33. The lowest BCUT2D eigenvalue weighted by molar-refractivity contribution is -0.138. The first-order chi connectivity index (χ1) is 10.4. The molecule has 1 atom stereocenters. The first kappa shape index (κ1) is 17.1. The van der Waals surface area contributed by atoms with Gasteiger partial charge in [0.2, 0.25) is 0 Å². The molecule has 0 aliphatic carbocycles. The molecule has 0 spiro atoms. The SMILES string of the molecule is CCCCO[C@@H]1CCN(Cc2ccc(N)cc2C(F)(F)F)C1. The van der Waals surface area contributed by atoms with Crippen molar-refractivity contribution >= 4 is 5.69 Å². The Labute approximate surface area is 129 Å². The van der Waals surface area contributed by atoms with Gasteiger partial charge in [0.05, 0.1) is 11.7 Å². The van der Waals surface area contributed by atoms with Crippen molar-refractivity contribution in [2.24, 2.45) is 0 Å².